The van der Waals surface area contributed by atoms with Crippen LogP contribution in [0.15, 0.2) is 42.6 Å². The highest BCUT2D eigenvalue weighted by Crippen LogP contribution is 2.24. The van der Waals surface area contributed by atoms with Crippen LogP contribution in [-0.4, -0.2) is 35.7 Å². The Morgan fingerprint density at radius 2 is 1.93 bits per heavy atom. The van der Waals surface area contributed by atoms with Crippen LogP contribution in [0, 0.1) is 0 Å². The van der Waals surface area contributed by atoms with Crippen molar-refractivity contribution < 1.29 is 19.1 Å². The van der Waals surface area contributed by atoms with E-state index in [0.717, 1.165) is 11.3 Å². The summed E-state index contributed by atoms with van der Waals surface area (Å²) in [4.78, 5) is 28.8. The molecule has 0 aliphatic rings. The summed E-state index contributed by atoms with van der Waals surface area (Å²) < 4.78 is 10.3. The number of nitrogens with zero attached hydrogens (tertiary/aromatic N) is 1. The van der Waals surface area contributed by atoms with Crippen LogP contribution in [0.3, 0.4) is 0 Å². The highest BCUT2D eigenvalue weighted by Gasteiger charge is 2.24. The minimum atomic E-state index is -0.604. The molecule has 2 atom stereocenters. The normalized spacial score (nSPS) is 13.4. The molecule has 0 fully saturated rings. The largest absolute Gasteiger partial charge is 0.468 e. The smallest absolute Gasteiger partial charge is 0.340 e. The van der Waals surface area contributed by atoms with Gasteiger partial charge in [0.05, 0.1) is 17.7 Å². The molecule has 0 aliphatic heterocycles. The summed E-state index contributed by atoms with van der Waals surface area (Å²) in [5, 5.41) is 3.55. The monoisotopic (exact) mass is 418 g/mol. The van der Waals surface area contributed by atoms with Crippen molar-refractivity contribution in [1.82, 2.24) is 10.3 Å². The number of benzene rings is 1. The molecule has 0 radical (unpaired) electrons. The summed E-state index contributed by atoms with van der Waals surface area (Å²) in [7, 11) is 1.35. The molecule has 0 saturated carbocycles. The van der Waals surface area contributed by atoms with Gasteiger partial charge in [-0.15, -0.1) is 0 Å². The maximum atomic E-state index is 12.3. The number of ether oxygens (including phenoxy) is 2. The van der Waals surface area contributed by atoms with Crippen LogP contribution in [0.5, 0.6) is 0 Å². The molecule has 1 N–H and O–H groups in total. The lowest BCUT2D eigenvalue weighted by Gasteiger charge is -2.23. The molecule has 2 unspecified atom stereocenters. The zero-order chi connectivity index (χ0) is 21.6. The minimum absolute atomic E-state index is 0.215. The third-order valence-corrected chi connectivity index (χ3v) is 4.50. The quantitative estimate of drug-likeness (QED) is 0.681. The van der Waals surface area contributed by atoms with E-state index in [1.165, 1.54) is 7.11 Å². The number of carbonyl (C=O) groups excluding carboxylic acids is 2. The van der Waals surface area contributed by atoms with E-state index in [9.17, 15) is 9.59 Å². The van der Waals surface area contributed by atoms with Crippen LogP contribution in [0.25, 0.3) is 0 Å². The van der Waals surface area contributed by atoms with E-state index in [1.54, 1.807) is 45.2 Å². The molecule has 6 nitrogen and oxygen atoms in total. The second-order valence-corrected chi connectivity index (χ2v) is 8.14. The predicted molar refractivity (Wildman–Crippen MR) is 112 cm³/mol. The summed E-state index contributed by atoms with van der Waals surface area (Å²) in [6.45, 7) is 7.31. The van der Waals surface area contributed by atoms with E-state index < -0.39 is 17.6 Å². The predicted octanol–water partition coefficient (Wildman–Crippen LogP) is 4.13. The van der Waals surface area contributed by atoms with Crippen LogP contribution in [0.2, 0.25) is 5.02 Å². The molecule has 2 rings (SSSR count). The van der Waals surface area contributed by atoms with Crippen molar-refractivity contribution in [1.29, 1.82) is 0 Å². The number of rotatable bonds is 7. The van der Waals surface area contributed by atoms with E-state index in [0.29, 0.717) is 17.0 Å². The van der Waals surface area contributed by atoms with Gasteiger partial charge in [-0.25, -0.2) is 4.79 Å². The van der Waals surface area contributed by atoms with Crippen LogP contribution in [0.4, 0.5) is 0 Å². The van der Waals surface area contributed by atoms with Gasteiger partial charge in [0, 0.05) is 24.4 Å². The molecule has 0 amide bonds. The molecule has 156 valence electrons. The first-order valence-corrected chi connectivity index (χ1v) is 9.75. The minimum Gasteiger partial charge on any atom is -0.468 e. The van der Waals surface area contributed by atoms with Crippen LogP contribution in [-0.2, 0) is 20.7 Å². The molecule has 0 bridgehead atoms. The van der Waals surface area contributed by atoms with Gasteiger partial charge >= 0.3 is 11.9 Å². The molecular formula is C22H27ClN2O4. The molecule has 2 aromatic rings. The van der Waals surface area contributed by atoms with Crippen molar-refractivity contribution in [3.63, 3.8) is 0 Å². The highest BCUT2D eigenvalue weighted by atomic mass is 35.5. The Bertz CT molecular complexity index is 850. The standard InChI is InChI=1S/C22H27ClN2O4/c1-14(25-19(21(27)28-5)13-16-8-6-7-11-24-16)15-9-10-17(18(23)12-15)20(26)29-22(2,3)4/h6-12,14,19,25H,13H2,1-5H3. The molecule has 1 aromatic heterocycles. The number of nitrogens with one attached hydrogen (secondary N) is 1. The SMILES string of the molecule is COC(=O)C(Cc1ccccn1)NC(C)c1ccc(C(=O)OC(C)(C)C)c(Cl)c1. The Morgan fingerprint density at radius 1 is 1.21 bits per heavy atom. The van der Waals surface area contributed by atoms with E-state index in [1.807, 2.05) is 25.1 Å². The van der Waals surface area contributed by atoms with Gasteiger partial charge in [-0.3, -0.25) is 15.1 Å². The Hall–Kier alpha value is -2.44. The number of esters is 2. The van der Waals surface area contributed by atoms with Crippen molar-refractivity contribution in [3.05, 3.63) is 64.4 Å². The molecule has 0 spiro atoms. The fraction of sp³-hybridized carbons (Fsp3) is 0.409. The molecule has 0 saturated heterocycles. The van der Waals surface area contributed by atoms with E-state index >= 15 is 0 Å². The number of methoxy groups -OCH3 is 1. The van der Waals surface area contributed by atoms with Gasteiger partial charge in [0.15, 0.2) is 0 Å². The van der Waals surface area contributed by atoms with E-state index in [-0.39, 0.29) is 12.0 Å². The van der Waals surface area contributed by atoms with E-state index in [4.69, 9.17) is 21.1 Å². The number of carbonyl (C=O) groups is 2. The molecule has 1 aromatic carbocycles. The average Bonchev–Trinajstić information content (AvgIpc) is 2.66. The second-order valence-electron chi connectivity index (χ2n) is 7.73. The third-order valence-electron chi connectivity index (χ3n) is 4.19. The third kappa shape index (κ3) is 6.84. The highest BCUT2D eigenvalue weighted by molar-refractivity contribution is 6.33. The molecule has 0 aliphatic carbocycles. The van der Waals surface area contributed by atoms with Crippen molar-refractivity contribution >= 4 is 23.5 Å². The van der Waals surface area contributed by atoms with Gasteiger partial charge in [0.25, 0.3) is 0 Å². The lowest BCUT2D eigenvalue weighted by atomic mass is 10.0. The molecule has 7 heteroatoms. The van der Waals surface area contributed by atoms with Crippen LogP contribution in [0.1, 0.15) is 55.4 Å². The zero-order valence-corrected chi connectivity index (χ0v) is 18.1. The Kier molecular flexibility index (Phi) is 7.76. The Balaban J connectivity index is 2.15. The summed E-state index contributed by atoms with van der Waals surface area (Å²) in [6, 6.07) is 9.88. The first-order valence-electron chi connectivity index (χ1n) is 9.37. The van der Waals surface area contributed by atoms with Gasteiger partial charge in [0.1, 0.15) is 11.6 Å². The van der Waals surface area contributed by atoms with Gasteiger partial charge in [-0.2, -0.15) is 0 Å². The van der Waals surface area contributed by atoms with Crippen LogP contribution >= 0.6 is 11.6 Å². The summed E-state index contributed by atoms with van der Waals surface area (Å²) in [5.74, 6) is -0.851. The maximum Gasteiger partial charge on any atom is 0.340 e. The number of pyridine rings is 1. The van der Waals surface area contributed by atoms with Gasteiger partial charge in [0.2, 0.25) is 0 Å². The Morgan fingerprint density at radius 3 is 2.48 bits per heavy atom. The molecule has 29 heavy (non-hydrogen) atoms. The summed E-state index contributed by atoms with van der Waals surface area (Å²) in [6.07, 6.45) is 2.07. The Labute approximate surface area is 176 Å². The number of hydrogen-bond donors (Lipinski definition) is 1. The van der Waals surface area contributed by atoms with Crippen molar-refractivity contribution in [2.24, 2.45) is 0 Å². The fourth-order valence-corrected chi connectivity index (χ4v) is 3.04. The zero-order valence-electron chi connectivity index (χ0n) is 17.4. The number of aromatic nitrogens is 1. The van der Waals surface area contributed by atoms with Gasteiger partial charge < -0.3 is 9.47 Å². The maximum absolute atomic E-state index is 12.3. The number of hydrogen-bond acceptors (Lipinski definition) is 6. The average molecular weight is 419 g/mol. The summed E-state index contributed by atoms with van der Waals surface area (Å²) >= 11 is 6.32. The van der Waals surface area contributed by atoms with Crippen LogP contribution < -0.4 is 5.32 Å². The van der Waals surface area contributed by atoms with Crippen molar-refractivity contribution in [2.45, 2.75) is 51.8 Å². The molecule has 1 heterocycles. The number of halogens is 1. The fourth-order valence-electron chi connectivity index (χ4n) is 2.78. The first kappa shape index (κ1) is 22.8. The lowest BCUT2D eigenvalue weighted by Crippen LogP contribution is -2.41. The second kappa shape index (κ2) is 9.85. The topological polar surface area (TPSA) is 77.5 Å². The van der Waals surface area contributed by atoms with Gasteiger partial charge in [-0.1, -0.05) is 23.7 Å². The van der Waals surface area contributed by atoms with Crippen molar-refractivity contribution in [3.8, 4) is 0 Å². The molecular weight excluding hydrogens is 392 g/mol. The van der Waals surface area contributed by atoms with Gasteiger partial charge in [-0.05, 0) is 57.5 Å². The summed E-state index contributed by atoms with van der Waals surface area (Å²) in [5.41, 5.74) is 1.31. The lowest BCUT2D eigenvalue weighted by molar-refractivity contribution is -0.143. The van der Waals surface area contributed by atoms with E-state index in [2.05, 4.69) is 10.3 Å². The van der Waals surface area contributed by atoms with Crippen molar-refractivity contribution in [2.75, 3.05) is 7.11 Å². The first-order chi connectivity index (χ1) is 13.6.